The molecule has 1 aromatic heterocycles. The summed E-state index contributed by atoms with van der Waals surface area (Å²) in [5.41, 5.74) is 1.95. The molecule has 0 spiro atoms. The van der Waals surface area contributed by atoms with E-state index in [9.17, 15) is 4.79 Å². The van der Waals surface area contributed by atoms with E-state index in [-0.39, 0.29) is 5.78 Å². The van der Waals surface area contributed by atoms with Crippen LogP contribution in [0.2, 0.25) is 5.02 Å². The molecular formula is C18H16ClNO2S. The Morgan fingerprint density at radius 1 is 1.26 bits per heavy atom. The van der Waals surface area contributed by atoms with Crippen LogP contribution in [-0.4, -0.2) is 10.8 Å². The Labute approximate surface area is 143 Å². The van der Waals surface area contributed by atoms with E-state index in [0.29, 0.717) is 35.2 Å². The topological polar surface area (TPSA) is 39.2 Å². The predicted octanol–water partition coefficient (Wildman–Crippen LogP) is 5.65. The average molecular weight is 346 g/mol. The Morgan fingerprint density at radius 3 is 2.83 bits per heavy atom. The zero-order valence-electron chi connectivity index (χ0n) is 12.7. The molecule has 0 unspecified atom stereocenters. The number of ether oxygens (including phenoxy) is 1. The smallest absolute Gasteiger partial charge is 0.279 e. The van der Waals surface area contributed by atoms with Gasteiger partial charge in [0.05, 0.1) is 15.2 Å². The van der Waals surface area contributed by atoms with Gasteiger partial charge in [-0.05, 0) is 36.2 Å². The van der Waals surface area contributed by atoms with E-state index in [0.717, 1.165) is 15.8 Å². The third-order valence-corrected chi connectivity index (χ3v) is 4.76. The number of ketones is 1. The van der Waals surface area contributed by atoms with Gasteiger partial charge in [-0.15, -0.1) is 0 Å². The molecule has 0 atom stereocenters. The molecule has 0 N–H and O–H groups in total. The van der Waals surface area contributed by atoms with Crippen LogP contribution in [0.3, 0.4) is 0 Å². The fourth-order valence-electron chi connectivity index (χ4n) is 2.23. The van der Waals surface area contributed by atoms with Crippen molar-refractivity contribution >= 4 is 38.9 Å². The summed E-state index contributed by atoms with van der Waals surface area (Å²) in [6.07, 6.45) is 1.82. The van der Waals surface area contributed by atoms with E-state index in [1.165, 1.54) is 11.3 Å². The summed E-state index contributed by atoms with van der Waals surface area (Å²) in [5.74, 6) is 0.840. The lowest BCUT2D eigenvalue weighted by atomic mass is 10.1. The number of para-hydroxylation sites is 1. The van der Waals surface area contributed by atoms with Crippen molar-refractivity contribution in [2.45, 2.75) is 26.2 Å². The number of rotatable bonds is 6. The van der Waals surface area contributed by atoms with Gasteiger partial charge in [0.2, 0.25) is 0 Å². The highest BCUT2D eigenvalue weighted by Crippen LogP contribution is 2.34. The van der Waals surface area contributed by atoms with Crippen LogP contribution < -0.4 is 4.74 Å². The first-order chi connectivity index (χ1) is 11.2. The van der Waals surface area contributed by atoms with Crippen LogP contribution in [0.15, 0.2) is 42.5 Å². The Hall–Kier alpha value is -1.91. The van der Waals surface area contributed by atoms with E-state index < -0.39 is 0 Å². The summed E-state index contributed by atoms with van der Waals surface area (Å²) in [4.78, 5) is 15.8. The zero-order chi connectivity index (χ0) is 16.2. The summed E-state index contributed by atoms with van der Waals surface area (Å²) in [6.45, 7) is 1.88. The number of nitrogens with zero attached hydrogens (tertiary/aromatic N) is 1. The molecule has 0 saturated carbocycles. The molecule has 23 heavy (non-hydrogen) atoms. The number of benzene rings is 2. The van der Waals surface area contributed by atoms with Crippen molar-refractivity contribution in [2.75, 3.05) is 0 Å². The number of aromatic nitrogens is 1. The van der Waals surface area contributed by atoms with Gasteiger partial charge in [-0.2, -0.15) is 0 Å². The van der Waals surface area contributed by atoms with E-state index in [2.05, 4.69) is 4.98 Å². The maximum absolute atomic E-state index is 11.4. The molecule has 1 heterocycles. The monoisotopic (exact) mass is 345 g/mol. The number of fused-ring (bicyclic) bond motifs is 1. The van der Waals surface area contributed by atoms with E-state index in [1.807, 2.05) is 49.4 Å². The second kappa shape index (κ2) is 7.11. The molecule has 0 bridgehead atoms. The highest BCUT2D eigenvalue weighted by molar-refractivity contribution is 7.20. The van der Waals surface area contributed by atoms with Gasteiger partial charge in [-0.3, -0.25) is 4.79 Å². The van der Waals surface area contributed by atoms with Crippen LogP contribution in [0.5, 0.6) is 10.9 Å². The van der Waals surface area contributed by atoms with Crippen LogP contribution in [0.1, 0.15) is 25.3 Å². The van der Waals surface area contributed by atoms with Gasteiger partial charge in [0.25, 0.3) is 5.19 Å². The number of Topliss-reactive ketones (excluding diaryl/α,β-unsaturated/α-hetero) is 1. The molecule has 2 aromatic carbocycles. The van der Waals surface area contributed by atoms with Gasteiger partial charge >= 0.3 is 0 Å². The minimum atomic E-state index is 0.260. The second-order valence-corrected chi connectivity index (χ2v) is 6.61. The summed E-state index contributed by atoms with van der Waals surface area (Å²) in [5, 5.41) is 1.10. The van der Waals surface area contributed by atoms with Crippen LogP contribution in [0.4, 0.5) is 0 Å². The third-order valence-electron chi connectivity index (χ3n) is 3.55. The number of thiazole rings is 1. The second-order valence-electron chi connectivity index (χ2n) is 5.21. The fourth-order valence-corrected chi connectivity index (χ4v) is 3.30. The van der Waals surface area contributed by atoms with Crippen LogP contribution >= 0.6 is 22.9 Å². The van der Waals surface area contributed by atoms with Gasteiger partial charge in [0.15, 0.2) is 0 Å². The maximum Gasteiger partial charge on any atom is 0.279 e. The van der Waals surface area contributed by atoms with Crippen molar-refractivity contribution in [1.82, 2.24) is 4.98 Å². The number of hydrogen-bond donors (Lipinski definition) is 0. The van der Waals surface area contributed by atoms with Crippen molar-refractivity contribution in [2.24, 2.45) is 0 Å². The van der Waals surface area contributed by atoms with Crippen molar-refractivity contribution in [3.63, 3.8) is 0 Å². The lowest BCUT2D eigenvalue weighted by molar-refractivity contribution is -0.118. The molecule has 118 valence electrons. The lowest BCUT2D eigenvalue weighted by Gasteiger charge is -2.06. The Kier molecular flexibility index (Phi) is 4.94. The molecule has 3 aromatic rings. The minimum absolute atomic E-state index is 0.260. The molecule has 0 fully saturated rings. The van der Waals surface area contributed by atoms with E-state index >= 15 is 0 Å². The number of aryl methyl sites for hydroxylation is 1. The Bertz CT molecular complexity index is 811. The van der Waals surface area contributed by atoms with Crippen LogP contribution in [0.25, 0.3) is 10.2 Å². The van der Waals surface area contributed by atoms with Crippen molar-refractivity contribution in [3.8, 4) is 10.9 Å². The molecule has 3 nitrogen and oxygen atoms in total. The molecule has 0 aliphatic heterocycles. The highest BCUT2D eigenvalue weighted by Gasteiger charge is 2.09. The maximum atomic E-state index is 11.4. The number of hydrogen-bond acceptors (Lipinski definition) is 4. The molecule has 0 radical (unpaired) electrons. The average Bonchev–Trinajstić information content (AvgIpc) is 2.97. The molecule has 0 amide bonds. The lowest BCUT2D eigenvalue weighted by Crippen LogP contribution is -1.97. The molecule has 5 heteroatoms. The first kappa shape index (κ1) is 16.0. The van der Waals surface area contributed by atoms with Crippen LogP contribution in [-0.2, 0) is 11.2 Å². The van der Waals surface area contributed by atoms with Crippen molar-refractivity contribution in [3.05, 3.63) is 53.1 Å². The van der Waals surface area contributed by atoms with Gasteiger partial charge in [-0.25, -0.2) is 4.98 Å². The fraction of sp³-hybridized carbons (Fsp3) is 0.222. The molecular weight excluding hydrogens is 330 g/mol. The summed E-state index contributed by atoms with van der Waals surface area (Å²) in [6, 6.07) is 13.5. The normalized spacial score (nSPS) is 10.9. The largest absolute Gasteiger partial charge is 0.429 e. The number of carbonyl (C=O) groups is 1. The molecule has 0 aliphatic rings. The Morgan fingerprint density at radius 2 is 2.09 bits per heavy atom. The van der Waals surface area contributed by atoms with E-state index in [1.54, 1.807) is 0 Å². The van der Waals surface area contributed by atoms with Gasteiger partial charge in [0, 0.05) is 12.8 Å². The summed E-state index contributed by atoms with van der Waals surface area (Å²) >= 11 is 7.78. The zero-order valence-corrected chi connectivity index (χ0v) is 14.3. The summed E-state index contributed by atoms with van der Waals surface area (Å²) in [7, 11) is 0. The van der Waals surface area contributed by atoms with Crippen LogP contribution in [0, 0.1) is 0 Å². The molecule has 0 aliphatic carbocycles. The SMILES string of the molecule is CCC(=O)CCc1ccc(Oc2nc3ccccc3s2)c(Cl)c1. The molecule has 0 saturated heterocycles. The highest BCUT2D eigenvalue weighted by atomic mass is 35.5. The Balaban J connectivity index is 1.74. The van der Waals surface area contributed by atoms with Gasteiger partial charge in [-0.1, -0.05) is 48.1 Å². The first-order valence-corrected chi connectivity index (χ1v) is 8.68. The minimum Gasteiger partial charge on any atom is -0.429 e. The third kappa shape index (κ3) is 3.89. The van der Waals surface area contributed by atoms with Crippen molar-refractivity contribution < 1.29 is 9.53 Å². The van der Waals surface area contributed by atoms with Gasteiger partial charge in [0.1, 0.15) is 11.5 Å². The number of halogens is 1. The quantitative estimate of drug-likeness (QED) is 0.579. The predicted molar refractivity (Wildman–Crippen MR) is 94.8 cm³/mol. The standard InChI is InChI=1S/C18H16ClNO2S/c1-2-13(21)9-7-12-8-10-16(14(19)11-12)22-18-20-15-5-3-4-6-17(15)23-18/h3-6,8,10-11H,2,7,9H2,1H3. The summed E-state index contributed by atoms with van der Waals surface area (Å²) < 4.78 is 6.88. The van der Waals surface area contributed by atoms with E-state index in [4.69, 9.17) is 16.3 Å². The number of carbonyl (C=O) groups excluding carboxylic acids is 1. The van der Waals surface area contributed by atoms with Gasteiger partial charge < -0.3 is 4.74 Å². The molecule has 3 rings (SSSR count). The van der Waals surface area contributed by atoms with Crippen molar-refractivity contribution in [1.29, 1.82) is 0 Å². The first-order valence-electron chi connectivity index (χ1n) is 7.49.